The molecular formula is C16H14IN3O. The zero-order chi connectivity index (χ0) is 14.8. The van der Waals surface area contributed by atoms with Gasteiger partial charge in [0.15, 0.2) is 5.82 Å². The van der Waals surface area contributed by atoms with Crippen LogP contribution in [0.5, 0.6) is 0 Å². The van der Waals surface area contributed by atoms with Crippen LogP contribution in [0.2, 0.25) is 0 Å². The molecule has 0 radical (unpaired) electrons. The van der Waals surface area contributed by atoms with Crippen LogP contribution in [0.3, 0.4) is 0 Å². The van der Waals surface area contributed by atoms with Crippen LogP contribution in [0.1, 0.15) is 17.0 Å². The zero-order valence-electron chi connectivity index (χ0n) is 11.5. The van der Waals surface area contributed by atoms with E-state index in [2.05, 4.69) is 57.9 Å². The lowest BCUT2D eigenvalue weighted by atomic mass is 10.1. The molecule has 5 heteroatoms. The molecule has 3 rings (SSSR count). The first-order chi connectivity index (χ1) is 10.1. The van der Waals surface area contributed by atoms with Crippen LogP contribution in [-0.4, -0.2) is 10.1 Å². The second-order valence-corrected chi connectivity index (χ2v) is 6.16. The van der Waals surface area contributed by atoms with E-state index in [0.29, 0.717) is 23.8 Å². The monoisotopic (exact) mass is 391 g/mol. The van der Waals surface area contributed by atoms with Crippen molar-refractivity contribution in [3.63, 3.8) is 0 Å². The lowest BCUT2D eigenvalue weighted by molar-refractivity contribution is 0.424. The highest BCUT2D eigenvalue weighted by Gasteiger charge is 2.12. The number of aryl methyl sites for hydroxylation is 1. The molecule has 1 heterocycles. The Hall–Kier alpha value is -1.89. The van der Waals surface area contributed by atoms with Gasteiger partial charge in [0.1, 0.15) is 0 Å². The maximum absolute atomic E-state index is 5.97. The van der Waals surface area contributed by atoms with Crippen molar-refractivity contribution in [1.29, 1.82) is 0 Å². The fourth-order valence-electron chi connectivity index (χ4n) is 2.15. The van der Waals surface area contributed by atoms with Crippen molar-refractivity contribution in [3.8, 4) is 11.5 Å². The molecule has 3 aromatic rings. The van der Waals surface area contributed by atoms with Gasteiger partial charge in [-0.05, 0) is 53.3 Å². The van der Waals surface area contributed by atoms with Crippen molar-refractivity contribution in [1.82, 2.24) is 10.1 Å². The maximum atomic E-state index is 5.97. The van der Waals surface area contributed by atoms with Gasteiger partial charge in [0.25, 0.3) is 5.89 Å². The van der Waals surface area contributed by atoms with Gasteiger partial charge in [0.2, 0.25) is 0 Å². The quantitative estimate of drug-likeness (QED) is 0.545. The first kappa shape index (κ1) is 14.1. The summed E-state index contributed by atoms with van der Waals surface area (Å²) in [4.78, 5) is 4.45. The average Bonchev–Trinajstić information content (AvgIpc) is 2.90. The van der Waals surface area contributed by atoms with Gasteiger partial charge in [-0.1, -0.05) is 35.0 Å². The predicted molar refractivity (Wildman–Crippen MR) is 90.8 cm³/mol. The van der Waals surface area contributed by atoms with E-state index in [1.807, 2.05) is 24.3 Å². The molecule has 0 bridgehead atoms. The van der Waals surface area contributed by atoms with Crippen molar-refractivity contribution in [3.05, 3.63) is 63.0 Å². The molecule has 0 atom stereocenters. The van der Waals surface area contributed by atoms with Gasteiger partial charge >= 0.3 is 0 Å². The van der Waals surface area contributed by atoms with Crippen molar-refractivity contribution < 1.29 is 4.52 Å². The summed E-state index contributed by atoms with van der Waals surface area (Å²) in [5.41, 5.74) is 9.78. The van der Waals surface area contributed by atoms with E-state index in [0.717, 1.165) is 14.7 Å². The van der Waals surface area contributed by atoms with Crippen LogP contribution < -0.4 is 5.73 Å². The SMILES string of the molecule is Cc1cccc(Cc2noc(-c3cc(I)ccc3N)n2)c1. The van der Waals surface area contributed by atoms with Gasteiger partial charge in [0.05, 0.1) is 5.56 Å². The van der Waals surface area contributed by atoms with Crippen molar-refractivity contribution in [2.24, 2.45) is 0 Å². The predicted octanol–water partition coefficient (Wildman–Crippen LogP) is 3.82. The standard InChI is InChI=1S/C16H14IN3O/c1-10-3-2-4-11(7-10)8-15-19-16(21-20-15)13-9-12(17)5-6-14(13)18/h2-7,9H,8,18H2,1H3. The summed E-state index contributed by atoms with van der Waals surface area (Å²) in [5, 5.41) is 4.04. The first-order valence-electron chi connectivity index (χ1n) is 6.55. The molecule has 0 aliphatic rings. The highest BCUT2D eigenvalue weighted by Crippen LogP contribution is 2.26. The molecular weight excluding hydrogens is 377 g/mol. The number of nitrogens with zero attached hydrogens (tertiary/aromatic N) is 2. The van der Waals surface area contributed by atoms with Gasteiger partial charge in [-0.25, -0.2) is 0 Å². The molecule has 2 aromatic carbocycles. The number of nitrogens with two attached hydrogens (primary N) is 1. The molecule has 21 heavy (non-hydrogen) atoms. The fourth-order valence-corrected chi connectivity index (χ4v) is 2.64. The van der Waals surface area contributed by atoms with Crippen molar-refractivity contribution in [2.75, 3.05) is 5.73 Å². The summed E-state index contributed by atoms with van der Waals surface area (Å²) in [6.45, 7) is 2.07. The smallest absolute Gasteiger partial charge is 0.260 e. The highest BCUT2D eigenvalue weighted by atomic mass is 127. The summed E-state index contributed by atoms with van der Waals surface area (Å²) in [5.74, 6) is 1.13. The Morgan fingerprint density at radius 1 is 1.19 bits per heavy atom. The van der Waals surface area contributed by atoms with Crippen molar-refractivity contribution >= 4 is 28.3 Å². The molecule has 0 saturated carbocycles. The van der Waals surface area contributed by atoms with Gasteiger partial charge in [-0.15, -0.1) is 0 Å². The van der Waals surface area contributed by atoms with E-state index in [-0.39, 0.29) is 0 Å². The normalized spacial score (nSPS) is 10.8. The van der Waals surface area contributed by atoms with E-state index in [4.69, 9.17) is 10.3 Å². The Labute approximate surface area is 136 Å². The molecule has 106 valence electrons. The van der Waals surface area contributed by atoms with Crippen LogP contribution in [0, 0.1) is 10.5 Å². The summed E-state index contributed by atoms with van der Waals surface area (Å²) in [7, 11) is 0. The van der Waals surface area contributed by atoms with E-state index in [1.165, 1.54) is 5.56 Å². The van der Waals surface area contributed by atoms with Crippen LogP contribution >= 0.6 is 22.6 Å². The summed E-state index contributed by atoms with van der Waals surface area (Å²) in [6.07, 6.45) is 0.648. The number of benzene rings is 2. The minimum atomic E-state index is 0.466. The Kier molecular flexibility index (Phi) is 3.92. The van der Waals surface area contributed by atoms with Crippen LogP contribution in [0.25, 0.3) is 11.5 Å². The number of rotatable bonds is 3. The third kappa shape index (κ3) is 3.24. The van der Waals surface area contributed by atoms with Crippen LogP contribution in [0.15, 0.2) is 47.0 Å². The lowest BCUT2D eigenvalue weighted by Gasteiger charge is -2.00. The Morgan fingerprint density at radius 3 is 2.86 bits per heavy atom. The van der Waals surface area contributed by atoms with Gasteiger partial charge in [0, 0.05) is 15.7 Å². The third-order valence-corrected chi connectivity index (χ3v) is 3.83. The number of halogens is 1. The van der Waals surface area contributed by atoms with Crippen molar-refractivity contribution in [2.45, 2.75) is 13.3 Å². The number of hydrogen-bond donors (Lipinski definition) is 1. The fraction of sp³-hybridized carbons (Fsp3) is 0.125. The molecule has 1 aromatic heterocycles. The molecule has 2 N–H and O–H groups in total. The Balaban J connectivity index is 1.88. The van der Waals surface area contributed by atoms with Gasteiger partial charge in [-0.3, -0.25) is 0 Å². The highest BCUT2D eigenvalue weighted by molar-refractivity contribution is 14.1. The minimum Gasteiger partial charge on any atom is -0.398 e. The van der Waals surface area contributed by atoms with E-state index in [9.17, 15) is 0 Å². The third-order valence-electron chi connectivity index (χ3n) is 3.16. The van der Waals surface area contributed by atoms with E-state index < -0.39 is 0 Å². The molecule has 4 nitrogen and oxygen atoms in total. The largest absolute Gasteiger partial charge is 0.398 e. The molecule has 0 aliphatic carbocycles. The maximum Gasteiger partial charge on any atom is 0.260 e. The summed E-state index contributed by atoms with van der Waals surface area (Å²) < 4.78 is 6.42. The van der Waals surface area contributed by atoms with Crippen LogP contribution in [-0.2, 0) is 6.42 Å². The molecule has 0 amide bonds. The Bertz CT molecular complexity index is 783. The van der Waals surface area contributed by atoms with E-state index >= 15 is 0 Å². The van der Waals surface area contributed by atoms with Gasteiger partial charge in [-0.2, -0.15) is 4.98 Å². The van der Waals surface area contributed by atoms with E-state index in [1.54, 1.807) is 0 Å². The summed E-state index contributed by atoms with van der Waals surface area (Å²) >= 11 is 2.23. The first-order valence-corrected chi connectivity index (χ1v) is 7.63. The van der Waals surface area contributed by atoms with Gasteiger partial charge < -0.3 is 10.3 Å². The second kappa shape index (κ2) is 5.85. The minimum absolute atomic E-state index is 0.466. The molecule has 0 spiro atoms. The lowest BCUT2D eigenvalue weighted by Crippen LogP contribution is -1.93. The summed E-state index contributed by atoms with van der Waals surface area (Å²) in [6, 6.07) is 14.0. The molecule has 0 aliphatic heterocycles. The zero-order valence-corrected chi connectivity index (χ0v) is 13.7. The molecule has 0 unspecified atom stereocenters. The number of aromatic nitrogens is 2. The topological polar surface area (TPSA) is 64.9 Å². The average molecular weight is 391 g/mol. The number of anilines is 1. The molecule has 0 saturated heterocycles. The van der Waals surface area contributed by atoms with Crippen LogP contribution in [0.4, 0.5) is 5.69 Å². The number of hydrogen-bond acceptors (Lipinski definition) is 4. The second-order valence-electron chi connectivity index (χ2n) is 4.91. The Morgan fingerprint density at radius 2 is 2.05 bits per heavy atom. The number of nitrogen functional groups attached to an aromatic ring is 1. The molecule has 0 fully saturated rings.